The SMILES string of the molecule is CCOC(C)(C)CCNC(=O)COc1ccc(-c2cccc(C(=O)NCCCCCCOP(=O)(O)O)c2)cc1. The summed E-state index contributed by atoms with van der Waals surface area (Å²) in [5.74, 6) is 0.210. The molecule has 0 spiro atoms. The third-order valence-corrected chi connectivity index (χ3v) is 6.40. The average Bonchev–Trinajstić information content (AvgIpc) is 2.88. The van der Waals surface area contributed by atoms with E-state index in [1.54, 1.807) is 18.2 Å². The molecular formula is C28H41N2O8P. The van der Waals surface area contributed by atoms with Gasteiger partial charge < -0.3 is 29.9 Å². The summed E-state index contributed by atoms with van der Waals surface area (Å²) in [6.07, 6.45) is 3.57. The fourth-order valence-corrected chi connectivity index (χ4v) is 4.18. The molecular weight excluding hydrogens is 523 g/mol. The Hall–Kier alpha value is -2.75. The molecule has 0 aliphatic heterocycles. The van der Waals surface area contributed by atoms with E-state index >= 15 is 0 Å². The number of ether oxygens (including phenoxy) is 2. The van der Waals surface area contributed by atoms with Crippen LogP contribution in [0.4, 0.5) is 0 Å². The van der Waals surface area contributed by atoms with E-state index in [2.05, 4.69) is 15.2 Å². The lowest BCUT2D eigenvalue weighted by Crippen LogP contribution is -2.35. The van der Waals surface area contributed by atoms with E-state index in [4.69, 9.17) is 19.3 Å². The highest BCUT2D eigenvalue weighted by molar-refractivity contribution is 7.46. The molecule has 0 aliphatic rings. The van der Waals surface area contributed by atoms with Crippen LogP contribution in [0.3, 0.4) is 0 Å². The van der Waals surface area contributed by atoms with Gasteiger partial charge in [-0.15, -0.1) is 0 Å². The summed E-state index contributed by atoms with van der Waals surface area (Å²) in [5.41, 5.74) is 2.06. The topological polar surface area (TPSA) is 143 Å². The van der Waals surface area contributed by atoms with Crippen LogP contribution in [-0.2, 0) is 18.6 Å². The van der Waals surface area contributed by atoms with Gasteiger partial charge in [-0.05, 0) is 75.4 Å². The van der Waals surface area contributed by atoms with Crippen LogP contribution < -0.4 is 15.4 Å². The van der Waals surface area contributed by atoms with Gasteiger partial charge in [0.2, 0.25) is 0 Å². The van der Waals surface area contributed by atoms with Gasteiger partial charge in [0.25, 0.3) is 11.8 Å². The molecule has 11 heteroatoms. The van der Waals surface area contributed by atoms with Crippen LogP contribution in [0.1, 0.15) is 63.2 Å². The number of phosphoric ester groups is 1. The maximum Gasteiger partial charge on any atom is 0.469 e. The molecule has 0 aliphatic carbocycles. The summed E-state index contributed by atoms with van der Waals surface area (Å²) in [7, 11) is -4.40. The monoisotopic (exact) mass is 564 g/mol. The summed E-state index contributed by atoms with van der Waals surface area (Å²) in [5, 5.41) is 5.74. The molecule has 0 unspecified atom stereocenters. The van der Waals surface area contributed by atoms with Gasteiger partial charge in [-0.25, -0.2) is 4.57 Å². The van der Waals surface area contributed by atoms with E-state index in [1.807, 2.05) is 51.1 Å². The first-order valence-electron chi connectivity index (χ1n) is 13.2. The lowest BCUT2D eigenvalue weighted by Gasteiger charge is -2.24. The lowest BCUT2D eigenvalue weighted by molar-refractivity contribution is -0.123. The largest absolute Gasteiger partial charge is 0.484 e. The Balaban J connectivity index is 1.74. The number of rotatable bonds is 18. The molecule has 2 aromatic rings. The van der Waals surface area contributed by atoms with Crippen LogP contribution in [0.25, 0.3) is 11.1 Å². The lowest BCUT2D eigenvalue weighted by atomic mass is 10.0. The first-order chi connectivity index (χ1) is 18.5. The fraction of sp³-hybridized carbons (Fsp3) is 0.500. The molecule has 2 aromatic carbocycles. The van der Waals surface area contributed by atoms with Gasteiger partial charge in [0.15, 0.2) is 6.61 Å². The molecule has 0 saturated heterocycles. The van der Waals surface area contributed by atoms with Gasteiger partial charge in [0, 0.05) is 25.3 Å². The number of carbonyl (C=O) groups is 2. The second-order valence-electron chi connectivity index (χ2n) is 9.68. The molecule has 4 N–H and O–H groups in total. The summed E-state index contributed by atoms with van der Waals surface area (Å²) >= 11 is 0. The molecule has 0 aromatic heterocycles. The van der Waals surface area contributed by atoms with Crippen LogP contribution >= 0.6 is 7.82 Å². The van der Waals surface area contributed by atoms with E-state index in [-0.39, 0.29) is 30.6 Å². The van der Waals surface area contributed by atoms with Gasteiger partial charge in [-0.3, -0.25) is 14.1 Å². The van der Waals surface area contributed by atoms with E-state index in [9.17, 15) is 14.2 Å². The summed E-state index contributed by atoms with van der Waals surface area (Å²) < 4.78 is 26.3. The van der Waals surface area contributed by atoms with Gasteiger partial charge in [0.05, 0.1) is 12.2 Å². The molecule has 2 amide bonds. The number of carbonyl (C=O) groups excluding carboxylic acids is 2. The predicted molar refractivity (Wildman–Crippen MR) is 150 cm³/mol. The number of unbranched alkanes of at least 4 members (excludes halogenated alkanes) is 3. The van der Waals surface area contributed by atoms with E-state index in [0.717, 1.165) is 30.4 Å². The smallest absolute Gasteiger partial charge is 0.469 e. The van der Waals surface area contributed by atoms with E-state index in [1.165, 1.54) is 0 Å². The number of hydrogen-bond acceptors (Lipinski definition) is 6. The maximum absolute atomic E-state index is 12.6. The molecule has 39 heavy (non-hydrogen) atoms. The van der Waals surface area contributed by atoms with Gasteiger partial charge in [-0.1, -0.05) is 37.1 Å². The highest BCUT2D eigenvalue weighted by Gasteiger charge is 2.17. The van der Waals surface area contributed by atoms with Crippen molar-refractivity contribution in [2.75, 3.05) is 32.9 Å². The number of nitrogens with one attached hydrogen (secondary N) is 2. The first-order valence-corrected chi connectivity index (χ1v) is 14.7. The Labute approximate surface area is 230 Å². The number of amides is 2. The highest BCUT2D eigenvalue weighted by atomic mass is 31.2. The maximum atomic E-state index is 12.6. The summed E-state index contributed by atoms with van der Waals surface area (Å²) in [6.45, 7) is 7.51. The fourth-order valence-electron chi connectivity index (χ4n) is 3.82. The molecule has 0 atom stereocenters. The number of hydrogen-bond donors (Lipinski definition) is 4. The predicted octanol–water partition coefficient (Wildman–Crippen LogP) is 4.45. The minimum Gasteiger partial charge on any atom is -0.484 e. The summed E-state index contributed by atoms with van der Waals surface area (Å²) in [4.78, 5) is 41.9. The van der Waals surface area contributed by atoms with Crippen LogP contribution in [0, 0.1) is 0 Å². The van der Waals surface area contributed by atoms with Crippen molar-refractivity contribution in [1.29, 1.82) is 0 Å². The minimum absolute atomic E-state index is 0.0138. The van der Waals surface area contributed by atoms with Crippen LogP contribution in [0.15, 0.2) is 48.5 Å². The van der Waals surface area contributed by atoms with Crippen molar-refractivity contribution in [3.8, 4) is 16.9 Å². The molecule has 0 heterocycles. The molecule has 0 saturated carbocycles. The molecule has 0 bridgehead atoms. The van der Waals surface area contributed by atoms with Crippen molar-refractivity contribution in [3.63, 3.8) is 0 Å². The van der Waals surface area contributed by atoms with Crippen LogP contribution in [0.2, 0.25) is 0 Å². The van der Waals surface area contributed by atoms with Crippen molar-refractivity contribution < 1.29 is 37.9 Å². The highest BCUT2D eigenvalue weighted by Crippen LogP contribution is 2.35. The normalized spacial score (nSPS) is 11.7. The van der Waals surface area contributed by atoms with Crippen molar-refractivity contribution in [2.24, 2.45) is 0 Å². The average molecular weight is 565 g/mol. The van der Waals surface area contributed by atoms with Gasteiger partial charge >= 0.3 is 7.82 Å². The third kappa shape index (κ3) is 13.7. The van der Waals surface area contributed by atoms with Crippen molar-refractivity contribution in [1.82, 2.24) is 10.6 Å². The van der Waals surface area contributed by atoms with Gasteiger partial charge in [-0.2, -0.15) is 0 Å². The Bertz CT molecular complexity index is 1090. The zero-order chi connectivity index (χ0) is 28.7. The van der Waals surface area contributed by atoms with Crippen molar-refractivity contribution >= 4 is 19.6 Å². The molecule has 216 valence electrons. The van der Waals surface area contributed by atoms with Crippen LogP contribution in [0.5, 0.6) is 5.75 Å². The van der Waals surface area contributed by atoms with E-state index < -0.39 is 7.82 Å². The zero-order valence-corrected chi connectivity index (χ0v) is 23.9. The Morgan fingerprint density at radius 2 is 1.64 bits per heavy atom. The quantitative estimate of drug-likeness (QED) is 0.154. The Kier molecular flexibility index (Phi) is 13.6. The second kappa shape index (κ2) is 16.4. The molecule has 2 rings (SSSR count). The van der Waals surface area contributed by atoms with Crippen LogP contribution in [-0.4, -0.2) is 60.1 Å². The van der Waals surface area contributed by atoms with Crippen molar-refractivity contribution in [2.45, 2.75) is 58.5 Å². The zero-order valence-electron chi connectivity index (χ0n) is 23.0. The number of benzene rings is 2. The van der Waals surface area contributed by atoms with E-state index in [0.29, 0.717) is 43.9 Å². The number of phosphoric acid groups is 1. The van der Waals surface area contributed by atoms with Crippen molar-refractivity contribution in [3.05, 3.63) is 54.1 Å². The summed E-state index contributed by atoms with van der Waals surface area (Å²) in [6, 6.07) is 14.7. The minimum atomic E-state index is -4.40. The Morgan fingerprint density at radius 1 is 0.923 bits per heavy atom. The molecule has 0 fully saturated rings. The second-order valence-corrected chi connectivity index (χ2v) is 10.9. The standard InChI is InChI=1S/C28H41N2O8P/c1-4-37-28(2,3)16-18-29-26(31)21-36-25-14-12-22(13-15-25)23-10-9-11-24(20-23)27(32)30-17-7-5-6-8-19-38-39(33,34)35/h9-15,20H,4-8,16-19,21H2,1-3H3,(H,29,31)(H,30,32)(H2,33,34,35). The first kappa shape index (κ1) is 32.5. The van der Waals surface area contributed by atoms with Gasteiger partial charge in [0.1, 0.15) is 5.75 Å². The molecule has 10 nitrogen and oxygen atoms in total. The molecule has 0 radical (unpaired) electrons. The Morgan fingerprint density at radius 3 is 2.33 bits per heavy atom. The third-order valence-electron chi connectivity index (χ3n) is 5.88.